The van der Waals surface area contributed by atoms with E-state index in [1.807, 2.05) is 0 Å². The molecule has 0 bridgehead atoms. The molecule has 1 fully saturated rings. The molecule has 1 saturated heterocycles. The molecule has 1 aliphatic heterocycles. The first-order chi connectivity index (χ1) is 8.71. The average molecular weight is 270 g/mol. The third-order valence-corrected chi connectivity index (χ3v) is 4.05. The fourth-order valence-corrected chi connectivity index (χ4v) is 3.58. The summed E-state index contributed by atoms with van der Waals surface area (Å²) in [5.74, 6) is 1.35. The fraction of sp³-hybridized carbons (Fsp3) is 1.00. The first-order valence-electron chi connectivity index (χ1n) is 7.80. The largest absolute Gasteiger partial charge is 0.373 e. The summed E-state index contributed by atoms with van der Waals surface area (Å²) in [6.45, 7) is 17.2. The van der Waals surface area contributed by atoms with Gasteiger partial charge in [0.1, 0.15) is 0 Å². The van der Waals surface area contributed by atoms with E-state index in [-0.39, 0.29) is 11.1 Å². The Morgan fingerprint density at radius 3 is 2.05 bits per heavy atom. The Hall–Kier alpha value is -0.120. The van der Waals surface area contributed by atoms with Gasteiger partial charge in [0.15, 0.2) is 0 Å². The van der Waals surface area contributed by atoms with Crippen molar-refractivity contribution < 1.29 is 4.74 Å². The fourth-order valence-electron chi connectivity index (χ4n) is 3.58. The molecular weight excluding hydrogens is 236 g/mol. The van der Waals surface area contributed by atoms with Crippen molar-refractivity contribution >= 4 is 0 Å². The van der Waals surface area contributed by atoms with Crippen LogP contribution in [0.2, 0.25) is 0 Å². The topological polar surface area (TPSA) is 38.5 Å². The standard InChI is InChI=1S/C16H34N2O/c1-13(2)9-16(11-17,10-14(3)4)18-7-8-19-15(5,6)12-18/h13-14H,7-12,17H2,1-6H3. The highest BCUT2D eigenvalue weighted by atomic mass is 16.5. The highest BCUT2D eigenvalue weighted by molar-refractivity contribution is 4.97. The average Bonchev–Trinajstić information content (AvgIpc) is 2.25. The third-order valence-electron chi connectivity index (χ3n) is 4.05. The van der Waals surface area contributed by atoms with Gasteiger partial charge in [-0.15, -0.1) is 0 Å². The minimum atomic E-state index is -0.0490. The monoisotopic (exact) mass is 270 g/mol. The number of rotatable bonds is 6. The molecular formula is C16H34N2O. The molecule has 0 spiro atoms. The van der Waals surface area contributed by atoms with Crippen LogP contribution in [0.1, 0.15) is 54.4 Å². The molecule has 0 saturated carbocycles. The van der Waals surface area contributed by atoms with Crippen molar-refractivity contribution in [3.63, 3.8) is 0 Å². The Morgan fingerprint density at radius 2 is 1.68 bits per heavy atom. The van der Waals surface area contributed by atoms with Gasteiger partial charge in [-0.25, -0.2) is 0 Å². The summed E-state index contributed by atoms with van der Waals surface area (Å²) >= 11 is 0. The van der Waals surface area contributed by atoms with Gasteiger partial charge in [-0.05, 0) is 38.5 Å². The van der Waals surface area contributed by atoms with Crippen LogP contribution in [-0.4, -0.2) is 42.3 Å². The second kappa shape index (κ2) is 6.55. The van der Waals surface area contributed by atoms with E-state index in [4.69, 9.17) is 10.5 Å². The molecule has 0 aromatic carbocycles. The van der Waals surface area contributed by atoms with Crippen LogP contribution in [0.5, 0.6) is 0 Å². The van der Waals surface area contributed by atoms with Crippen LogP contribution in [0, 0.1) is 11.8 Å². The van der Waals surface area contributed by atoms with E-state index in [2.05, 4.69) is 46.4 Å². The second-order valence-corrected chi connectivity index (χ2v) is 7.65. The molecule has 1 rings (SSSR count). The molecule has 0 unspecified atom stereocenters. The summed E-state index contributed by atoms with van der Waals surface area (Å²) in [5, 5.41) is 0. The zero-order valence-corrected chi connectivity index (χ0v) is 13.8. The Morgan fingerprint density at radius 1 is 1.16 bits per heavy atom. The van der Waals surface area contributed by atoms with Crippen molar-refractivity contribution in [2.45, 2.75) is 65.5 Å². The van der Waals surface area contributed by atoms with Crippen LogP contribution in [0.15, 0.2) is 0 Å². The van der Waals surface area contributed by atoms with Gasteiger partial charge in [-0.2, -0.15) is 0 Å². The van der Waals surface area contributed by atoms with Crippen molar-refractivity contribution in [3.05, 3.63) is 0 Å². The first kappa shape index (κ1) is 16.9. The van der Waals surface area contributed by atoms with Gasteiger partial charge < -0.3 is 10.5 Å². The Bertz CT molecular complexity index is 264. The van der Waals surface area contributed by atoms with E-state index < -0.39 is 0 Å². The summed E-state index contributed by atoms with van der Waals surface area (Å²) in [4.78, 5) is 2.61. The molecule has 0 radical (unpaired) electrons. The number of nitrogens with zero attached hydrogens (tertiary/aromatic N) is 1. The van der Waals surface area contributed by atoms with Crippen LogP contribution in [-0.2, 0) is 4.74 Å². The molecule has 0 aromatic heterocycles. The molecule has 0 atom stereocenters. The van der Waals surface area contributed by atoms with E-state index >= 15 is 0 Å². The minimum Gasteiger partial charge on any atom is -0.373 e. The number of nitrogens with two attached hydrogens (primary N) is 1. The van der Waals surface area contributed by atoms with Gasteiger partial charge in [-0.1, -0.05) is 27.7 Å². The highest BCUT2D eigenvalue weighted by Gasteiger charge is 2.41. The molecule has 2 N–H and O–H groups in total. The normalized spacial score (nSPS) is 21.3. The lowest BCUT2D eigenvalue weighted by Gasteiger charge is -2.51. The van der Waals surface area contributed by atoms with Crippen LogP contribution in [0.4, 0.5) is 0 Å². The number of hydrogen-bond donors (Lipinski definition) is 1. The lowest BCUT2D eigenvalue weighted by Crippen LogP contribution is -2.62. The van der Waals surface area contributed by atoms with Crippen molar-refractivity contribution in [1.29, 1.82) is 0 Å². The summed E-state index contributed by atoms with van der Waals surface area (Å²) in [7, 11) is 0. The first-order valence-corrected chi connectivity index (χ1v) is 7.80. The third kappa shape index (κ3) is 4.73. The molecule has 1 heterocycles. The minimum absolute atomic E-state index is 0.0490. The van der Waals surface area contributed by atoms with Crippen LogP contribution in [0.25, 0.3) is 0 Å². The van der Waals surface area contributed by atoms with Crippen LogP contribution < -0.4 is 5.73 Å². The van der Waals surface area contributed by atoms with Gasteiger partial charge in [0.05, 0.1) is 12.2 Å². The van der Waals surface area contributed by atoms with Gasteiger partial charge in [0.25, 0.3) is 0 Å². The second-order valence-electron chi connectivity index (χ2n) is 7.65. The van der Waals surface area contributed by atoms with Gasteiger partial charge in [0, 0.05) is 25.2 Å². The van der Waals surface area contributed by atoms with Crippen molar-refractivity contribution in [3.8, 4) is 0 Å². The van der Waals surface area contributed by atoms with Crippen molar-refractivity contribution in [2.24, 2.45) is 17.6 Å². The SMILES string of the molecule is CC(C)CC(CN)(CC(C)C)N1CCOC(C)(C)C1. The molecule has 0 aliphatic carbocycles. The molecule has 3 nitrogen and oxygen atoms in total. The van der Waals surface area contributed by atoms with Crippen molar-refractivity contribution in [1.82, 2.24) is 4.90 Å². The smallest absolute Gasteiger partial charge is 0.0753 e. The summed E-state index contributed by atoms with van der Waals surface area (Å²) in [6.07, 6.45) is 2.36. The van der Waals surface area contributed by atoms with E-state index in [0.29, 0.717) is 11.8 Å². The maximum absolute atomic E-state index is 6.24. The Labute approximate surface area is 119 Å². The molecule has 114 valence electrons. The number of morpholine rings is 1. The molecule has 1 aliphatic rings. The quantitative estimate of drug-likeness (QED) is 0.806. The Kier molecular flexibility index (Phi) is 5.84. The van der Waals surface area contributed by atoms with E-state index in [0.717, 1.165) is 26.2 Å². The predicted molar refractivity (Wildman–Crippen MR) is 82.3 cm³/mol. The molecule has 0 amide bonds. The molecule has 19 heavy (non-hydrogen) atoms. The summed E-state index contributed by atoms with van der Waals surface area (Å²) < 4.78 is 5.86. The highest BCUT2D eigenvalue weighted by Crippen LogP contribution is 2.33. The molecule has 0 aromatic rings. The zero-order chi connectivity index (χ0) is 14.7. The Balaban J connectivity index is 2.93. The summed E-state index contributed by atoms with van der Waals surface area (Å²) in [5.41, 5.74) is 6.33. The van der Waals surface area contributed by atoms with E-state index in [9.17, 15) is 0 Å². The van der Waals surface area contributed by atoms with Gasteiger partial charge in [0.2, 0.25) is 0 Å². The number of hydrogen-bond acceptors (Lipinski definition) is 3. The maximum Gasteiger partial charge on any atom is 0.0753 e. The lowest BCUT2D eigenvalue weighted by atomic mass is 9.79. The molecule has 3 heteroatoms. The van der Waals surface area contributed by atoms with Crippen LogP contribution in [0.3, 0.4) is 0 Å². The van der Waals surface area contributed by atoms with E-state index in [1.54, 1.807) is 0 Å². The zero-order valence-electron chi connectivity index (χ0n) is 13.8. The van der Waals surface area contributed by atoms with Gasteiger partial charge >= 0.3 is 0 Å². The predicted octanol–water partition coefficient (Wildman–Crippen LogP) is 2.89. The summed E-state index contributed by atoms with van der Waals surface area (Å²) in [6, 6.07) is 0. The van der Waals surface area contributed by atoms with Crippen LogP contribution >= 0.6 is 0 Å². The maximum atomic E-state index is 6.24. The lowest BCUT2D eigenvalue weighted by molar-refractivity contribution is -0.122. The number of ether oxygens (including phenoxy) is 1. The van der Waals surface area contributed by atoms with E-state index in [1.165, 1.54) is 12.8 Å². The van der Waals surface area contributed by atoms with Crippen molar-refractivity contribution in [2.75, 3.05) is 26.2 Å². The van der Waals surface area contributed by atoms with Gasteiger partial charge in [-0.3, -0.25) is 4.90 Å².